The molecule has 1 heterocycles. The lowest BCUT2D eigenvalue weighted by Crippen LogP contribution is -2.73. The maximum atomic E-state index is 14.0. The highest BCUT2D eigenvalue weighted by molar-refractivity contribution is 5.90. The van der Waals surface area contributed by atoms with Crippen molar-refractivity contribution in [2.45, 2.75) is 111 Å². The largest absolute Gasteiger partial charge is 0.466 e. The van der Waals surface area contributed by atoms with Crippen molar-refractivity contribution < 1.29 is 47.7 Å². The highest BCUT2D eigenvalue weighted by Gasteiger charge is 2.74. The maximum absolute atomic E-state index is 14.0. The van der Waals surface area contributed by atoms with Gasteiger partial charge in [0.25, 0.3) is 0 Å². The minimum Gasteiger partial charge on any atom is -0.466 e. The van der Waals surface area contributed by atoms with Crippen LogP contribution in [-0.2, 0) is 47.7 Å². The van der Waals surface area contributed by atoms with E-state index in [1.54, 1.807) is 0 Å². The minimum absolute atomic E-state index is 0.125. The standard InChI is InChI=1S/C28H42O10/c1-16-22(33)23(37-20(5)32)24-26(7,15-35-18(3)30)21(36-19(4)31)9-10-27(24,8)28(16)12-11-25(6,38-28)13-14-34-17(2)29/h16,21,23-24H,9-15H2,1-8H3. The van der Waals surface area contributed by atoms with Crippen LogP contribution in [0.15, 0.2) is 0 Å². The van der Waals surface area contributed by atoms with Crippen molar-refractivity contribution >= 4 is 29.7 Å². The summed E-state index contributed by atoms with van der Waals surface area (Å²) in [4.78, 5) is 61.6. The summed E-state index contributed by atoms with van der Waals surface area (Å²) in [6.45, 7) is 12.9. The van der Waals surface area contributed by atoms with Crippen LogP contribution >= 0.6 is 0 Å². The van der Waals surface area contributed by atoms with E-state index in [0.717, 1.165) is 0 Å². The molecule has 1 spiro atoms. The van der Waals surface area contributed by atoms with Crippen LogP contribution in [0, 0.1) is 22.7 Å². The fourth-order valence-corrected chi connectivity index (χ4v) is 7.56. The van der Waals surface area contributed by atoms with Crippen molar-refractivity contribution in [3.8, 4) is 0 Å². The monoisotopic (exact) mass is 538 g/mol. The minimum atomic E-state index is -1.13. The highest BCUT2D eigenvalue weighted by Crippen LogP contribution is 2.68. The first-order chi connectivity index (χ1) is 17.5. The van der Waals surface area contributed by atoms with Gasteiger partial charge < -0.3 is 23.7 Å². The van der Waals surface area contributed by atoms with E-state index in [9.17, 15) is 24.0 Å². The fraction of sp³-hybridized carbons (Fsp3) is 0.821. The van der Waals surface area contributed by atoms with Crippen molar-refractivity contribution in [1.82, 2.24) is 0 Å². The molecule has 3 aliphatic rings. The van der Waals surface area contributed by atoms with Crippen LogP contribution in [0.3, 0.4) is 0 Å². The molecule has 3 rings (SSSR count). The van der Waals surface area contributed by atoms with Gasteiger partial charge in [-0.3, -0.25) is 24.0 Å². The number of Topliss-reactive ketones (excluding diaryl/α,β-unsaturated/α-hetero) is 1. The lowest BCUT2D eigenvalue weighted by Gasteiger charge is -2.65. The third-order valence-electron chi connectivity index (χ3n) is 9.31. The summed E-state index contributed by atoms with van der Waals surface area (Å²) in [7, 11) is 0. The zero-order chi connectivity index (χ0) is 28.7. The Bertz CT molecular complexity index is 992. The van der Waals surface area contributed by atoms with E-state index in [1.165, 1.54) is 27.7 Å². The molecule has 38 heavy (non-hydrogen) atoms. The third-order valence-corrected chi connectivity index (χ3v) is 9.31. The summed E-state index contributed by atoms with van der Waals surface area (Å²) < 4.78 is 29.1. The van der Waals surface area contributed by atoms with E-state index in [-0.39, 0.29) is 25.0 Å². The lowest BCUT2D eigenvalue weighted by molar-refractivity contribution is -0.280. The number of ether oxygens (including phenoxy) is 5. The molecule has 0 amide bonds. The molecular formula is C28H42O10. The average molecular weight is 539 g/mol. The van der Waals surface area contributed by atoms with Gasteiger partial charge in [0.05, 0.1) is 17.8 Å². The summed E-state index contributed by atoms with van der Waals surface area (Å²) in [5.74, 6) is -3.52. The van der Waals surface area contributed by atoms with E-state index in [2.05, 4.69) is 0 Å². The molecule has 0 aromatic heterocycles. The van der Waals surface area contributed by atoms with Crippen molar-refractivity contribution in [2.75, 3.05) is 13.2 Å². The van der Waals surface area contributed by atoms with Crippen molar-refractivity contribution in [2.24, 2.45) is 22.7 Å². The molecule has 1 saturated heterocycles. The van der Waals surface area contributed by atoms with Crippen LogP contribution in [-0.4, -0.2) is 66.3 Å². The second-order valence-electron chi connectivity index (χ2n) is 12.0. The van der Waals surface area contributed by atoms with Crippen LogP contribution in [0.1, 0.15) is 87.5 Å². The van der Waals surface area contributed by atoms with E-state index in [0.29, 0.717) is 32.1 Å². The number of fused-ring (bicyclic) bond motifs is 2. The molecule has 10 heteroatoms. The SMILES string of the molecule is CC(=O)OCCC1(C)CCC2(O1)C(C)C(=O)C(OC(C)=O)C1C(C)(COC(C)=O)C(OC(C)=O)CCC12C. The van der Waals surface area contributed by atoms with Gasteiger partial charge in [-0.15, -0.1) is 0 Å². The Morgan fingerprint density at radius 2 is 1.47 bits per heavy atom. The van der Waals surface area contributed by atoms with Gasteiger partial charge in [0, 0.05) is 56.8 Å². The first-order valence-corrected chi connectivity index (χ1v) is 13.4. The number of hydrogen-bond donors (Lipinski definition) is 0. The molecule has 0 bridgehead atoms. The molecule has 3 fully saturated rings. The first-order valence-electron chi connectivity index (χ1n) is 13.4. The zero-order valence-electron chi connectivity index (χ0n) is 23.8. The van der Waals surface area contributed by atoms with Gasteiger partial charge in [-0.1, -0.05) is 20.8 Å². The molecule has 10 nitrogen and oxygen atoms in total. The Hall–Kier alpha value is -2.49. The third kappa shape index (κ3) is 5.20. The Morgan fingerprint density at radius 1 is 0.868 bits per heavy atom. The number of carbonyl (C=O) groups is 5. The Balaban J connectivity index is 2.14. The summed E-state index contributed by atoms with van der Waals surface area (Å²) in [6, 6.07) is 0. The number of carbonyl (C=O) groups excluding carboxylic acids is 5. The molecular weight excluding hydrogens is 496 g/mol. The molecule has 2 aliphatic carbocycles. The van der Waals surface area contributed by atoms with Crippen molar-refractivity contribution in [1.29, 1.82) is 0 Å². The summed E-state index contributed by atoms with van der Waals surface area (Å²) in [6.07, 6.45) is 0.843. The quantitative estimate of drug-likeness (QED) is 0.351. The predicted molar refractivity (Wildman–Crippen MR) is 134 cm³/mol. The second kappa shape index (κ2) is 10.6. The molecule has 214 valence electrons. The van der Waals surface area contributed by atoms with Gasteiger partial charge in [0.1, 0.15) is 12.7 Å². The Labute approximate surface area is 224 Å². The van der Waals surface area contributed by atoms with Gasteiger partial charge in [-0.25, -0.2) is 0 Å². The van der Waals surface area contributed by atoms with Gasteiger partial charge in [-0.2, -0.15) is 0 Å². The van der Waals surface area contributed by atoms with E-state index < -0.39 is 64.0 Å². The zero-order valence-corrected chi connectivity index (χ0v) is 23.8. The van der Waals surface area contributed by atoms with E-state index in [4.69, 9.17) is 23.7 Å². The van der Waals surface area contributed by atoms with Crippen molar-refractivity contribution in [3.05, 3.63) is 0 Å². The van der Waals surface area contributed by atoms with Crippen LogP contribution < -0.4 is 0 Å². The molecule has 2 saturated carbocycles. The lowest BCUT2D eigenvalue weighted by atomic mass is 9.42. The molecule has 0 aromatic rings. The molecule has 1 aliphatic heterocycles. The smallest absolute Gasteiger partial charge is 0.303 e. The molecule has 0 radical (unpaired) electrons. The normalized spacial score (nSPS) is 40.3. The predicted octanol–water partition coefficient (Wildman–Crippen LogP) is 3.32. The van der Waals surface area contributed by atoms with Crippen LogP contribution in [0.25, 0.3) is 0 Å². The van der Waals surface area contributed by atoms with E-state index >= 15 is 0 Å². The average Bonchev–Trinajstić information content (AvgIpc) is 3.15. The first kappa shape index (κ1) is 30.1. The molecule has 8 atom stereocenters. The van der Waals surface area contributed by atoms with Crippen LogP contribution in [0.4, 0.5) is 0 Å². The number of hydrogen-bond acceptors (Lipinski definition) is 10. The molecule has 0 N–H and O–H groups in total. The van der Waals surface area contributed by atoms with Gasteiger partial charge in [0.2, 0.25) is 0 Å². The fourth-order valence-electron chi connectivity index (χ4n) is 7.56. The summed E-state index contributed by atoms with van der Waals surface area (Å²) in [5.41, 5.74) is -3.33. The topological polar surface area (TPSA) is 132 Å². The van der Waals surface area contributed by atoms with Gasteiger partial charge in [-0.05, 0) is 32.6 Å². The van der Waals surface area contributed by atoms with Crippen LogP contribution in [0.5, 0.6) is 0 Å². The summed E-state index contributed by atoms with van der Waals surface area (Å²) >= 11 is 0. The summed E-state index contributed by atoms with van der Waals surface area (Å²) in [5, 5.41) is 0. The Morgan fingerprint density at radius 3 is 2.03 bits per heavy atom. The number of esters is 4. The maximum Gasteiger partial charge on any atom is 0.303 e. The highest BCUT2D eigenvalue weighted by atomic mass is 16.6. The number of ketones is 1. The van der Waals surface area contributed by atoms with Gasteiger partial charge >= 0.3 is 23.9 Å². The van der Waals surface area contributed by atoms with Crippen molar-refractivity contribution in [3.63, 3.8) is 0 Å². The number of rotatable bonds is 7. The Kier molecular flexibility index (Phi) is 8.37. The van der Waals surface area contributed by atoms with Crippen LogP contribution in [0.2, 0.25) is 0 Å². The second-order valence-corrected chi connectivity index (χ2v) is 12.0. The van der Waals surface area contributed by atoms with E-state index in [1.807, 2.05) is 27.7 Å². The van der Waals surface area contributed by atoms with Gasteiger partial charge in [0.15, 0.2) is 11.9 Å². The molecule has 8 unspecified atom stereocenters. The molecule has 0 aromatic carbocycles.